The molecular weight excluding hydrogens is 307 g/mol. The Morgan fingerprint density at radius 1 is 1.33 bits per heavy atom. The first-order valence-corrected chi connectivity index (χ1v) is 8.21. The fourth-order valence-electron chi connectivity index (χ4n) is 2.42. The first-order chi connectivity index (χ1) is 10.0. The lowest BCUT2D eigenvalue weighted by Crippen LogP contribution is -2.38. The highest BCUT2D eigenvalue weighted by Gasteiger charge is 2.23. The molecule has 1 aromatic heterocycles. The lowest BCUT2D eigenvalue weighted by Gasteiger charge is -2.34. The van der Waals surface area contributed by atoms with Crippen molar-refractivity contribution in [1.29, 1.82) is 0 Å². The van der Waals surface area contributed by atoms with Gasteiger partial charge in [-0.25, -0.2) is 4.39 Å². The minimum absolute atomic E-state index is 0.0187. The second kappa shape index (κ2) is 7.36. The van der Waals surface area contributed by atoms with Crippen LogP contribution in [0.5, 0.6) is 0 Å². The van der Waals surface area contributed by atoms with Gasteiger partial charge in [0.1, 0.15) is 5.82 Å². The second-order valence-corrected chi connectivity index (χ2v) is 6.71. The van der Waals surface area contributed by atoms with Crippen LogP contribution in [0.1, 0.15) is 30.3 Å². The third-order valence-corrected chi connectivity index (χ3v) is 4.68. The van der Waals surface area contributed by atoms with E-state index in [4.69, 9.17) is 17.3 Å². The lowest BCUT2D eigenvalue weighted by atomic mass is 10.0. The molecule has 0 saturated carbocycles. The predicted molar refractivity (Wildman–Crippen MR) is 88.2 cm³/mol. The molecule has 2 N–H and O–H groups in total. The number of rotatable bonds is 6. The lowest BCUT2D eigenvalue weighted by molar-refractivity contribution is 0.149. The maximum atomic E-state index is 13.4. The summed E-state index contributed by atoms with van der Waals surface area (Å²) in [7, 11) is 0. The van der Waals surface area contributed by atoms with Crippen molar-refractivity contribution in [2.75, 3.05) is 6.54 Å². The fourth-order valence-corrected chi connectivity index (χ4v) is 3.32. The summed E-state index contributed by atoms with van der Waals surface area (Å²) in [5, 5.41) is 2.21. The molecule has 2 rings (SSSR count). The Hall–Kier alpha value is -0.940. The van der Waals surface area contributed by atoms with Crippen LogP contribution < -0.4 is 5.73 Å². The highest BCUT2D eigenvalue weighted by molar-refractivity contribution is 7.09. The summed E-state index contributed by atoms with van der Waals surface area (Å²) in [4.78, 5) is 3.60. The van der Waals surface area contributed by atoms with Gasteiger partial charge in [-0.1, -0.05) is 23.7 Å². The van der Waals surface area contributed by atoms with Crippen LogP contribution in [0.2, 0.25) is 5.02 Å². The Morgan fingerprint density at radius 2 is 2.10 bits per heavy atom. The quantitative estimate of drug-likeness (QED) is 0.849. The number of hydrogen-bond donors (Lipinski definition) is 1. The molecule has 1 aromatic carbocycles. The molecule has 0 bridgehead atoms. The van der Waals surface area contributed by atoms with Crippen molar-refractivity contribution in [1.82, 2.24) is 4.90 Å². The number of hydrogen-bond acceptors (Lipinski definition) is 3. The molecule has 1 atom stereocenters. The average Bonchev–Trinajstić information content (AvgIpc) is 2.95. The van der Waals surface area contributed by atoms with Crippen molar-refractivity contribution in [3.05, 3.63) is 57.0 Å². The van der Waals surface area contributed by atoms with Crippen LogP contribution in [-0.2, 0) is 6.54 Å². The Kier molecular flexibility index (Phi) is 5.76. The Balaban J connectivity index is 2.28. The van der Waals surface area contributed by atoms with Gasteiger partial charge in [0.05, 0.1) is 5.02 Å². The molecule has 0 aliphatic carbocycles. The van der Waals surface area contributed by atoms with E-state index >= 15 is 0 Å². The number of nitrogens with two attached hydrogens (primary N) is 1. The van der Waals surface area contributed by atoms with Gasteiger partial charge in [0.2, 0.25) is 0 Å². The molecule has 0 amide bonds. The summed E-state index contributed by atoms with van der Waals surface area (Å²) < 4.78 is 13.4. The molecule has 0 saturated heterocycles. The van der Waals surface area contributed by atoms with Crippen molar-refractivity contribution in [2.45, 2.75) is 32.5 Å². The zero-order valence-electron chi connectivity index (χ0n) is 12.2. The van der Waals surface area contributed by atoms with Crippen LogP contribution in [-0.4, -0.2) is 17.5 Å². The zero-order valence-corrected chi connectivity index (χ0v) is 13.8. The van der Waals surface area contributed by atoms with Crippen molar-refractivity contribution < 1.29 is 4.39 Å². The summed E-state index contributed by atoms with van der Waals surface area (Å²) in [5.41, 5.74) is 6.94. The van der Waals surface area contributed by atoms with Crippen LogP contribution in [0.4, 0.5) is 4.39 Å². The maximum Gasteiger partial charge on any atom is 0.141 e. The monoisotopic (exact) mass is 326 g/mol. The fraction of sp³-hybridized carbons (Fsp3) is 0.375. The Morgan fingerprint density at radius 3 is 2.62 bits per heavy atom. The number of halogens is 2. The largest absolute Gasteiger partial charge is 0.329 e. The molecular formula is C16H20ClFN2S. The maximum absolute atomic E-state index is 13.4. The van der Waals surface area contributed by atoms with E-state index in [1.165, 1.54) is 10.9 Å². The third kappa shape index (κ3) is 4.04. The van der Waals surface area contributed by atoms with Crippen molar-refractivity contribution in [2.24, 2.45) is 5.73 Å². The van der Waals surface area contributed by atoms with Crippen molar-refractivity contribution in [3.63, 3.8) is 0 Å². The van der Waals surface area contributed by atoms with Crippen LogP contribution in [0.15, 0.2) is 35.7 Å². The molecule has 5 heteroatoms. The van der Waals surface area contributed by atoms with Gasteiger partial charge in [0, 0.05) is 30.1 Å². The van der Waals surface area contributed by atoms with Crippen LogP contribution in [0, 0.1) is 5.82 Å². The summed E-state index contributed by atoms with van der Waals surface area (Å²) >= 11 is 7.64. The normalized spacial score (nSPS) is 13.1. The molecule has 0 radical (unpaired) electrons. The van der Waals surface area contributed by atoms with Gasteiger partial charge in [0.25, 0.3) is 0 Å². The summed E-state index contributed by atoms with van der Waals surface area (Å²) in [5.74, 6) is -0.398. The van der Waals surface area contributed by atoms with E-state index in [2.05, 4.69) is 30.2 Å². The van der Waals surface area contributed by atoms with Gasteiger partial charge in [-0.2, -0.15) is 0 Å². The van der Waals surface area contributed by atoms with Crippen LogP contribution >= 0.6 is 22.9 Å². The molecule has 2 aromatic rings. The molecule has 21 heavy (non-hydrogen) atoms. The molecule has 0 aliphatic heterocycles. The summed E-state index contributed by atoms with van der Waals surface area (Å²) in [6.07, 6.45) is 0. The first kappa shape index (κ1) is 16.4. The van der Waals surface area contributed by atoms with E-state index in [0.717, 1.165) is 12.1 Å². The SMILES string of the molecule is CC(C)N(Cc1cccs1)C(CN)c1ccc(F)c(Cl)c1. The van der Waals surface area contributed by atoms with E-state index < -0.39 is 5.82 Å². The minimum atomic E-state index is -0.398. The molecule has 0 spiro atoms. The van der Waals surface area contributed by atoms with Gasteiger partial charge in [-0.05, 0) is 43.0 Å². The van der Waals surface area contributed by atoms with E-state index in [0.29, 0.717) is 12.6 Å². The highest BCUT2D eigenvalue weighted by atomic mass is 35.5. The van der Waals surface area contributed by atoms with Gasteiger partial charge < -0.3 is 5.73 Å². The predicted octanol–water partition coefficient (Wildman–Crippen LogP) is 4.45. The summed E-state index contributed by atoms with van der Waals surface area (Å²) in [6.45, 7) is 5.57. The minimum Gasteiger partial charge on any atom is -0.329 e. The Bertz CT molecular complexity index is 572. The van der Waals surface area contributed by atoms with E-state index in [9.17, 15) is 4.39 Å². The average molecular weight is 327 g/mol. The van der Waals surface area contributed by atoms with E-state index in [1.807, 2.05) is 6.07 Å². The van der Waals surface area contributed by atoms with Crippen molar-refractivity contribution >= 4 is 22.9 Å². The molecule has 1 heterocycles. The summed E-state index contributed by atoms with van der Waals surface area (Å²) in [6, 6.07) is 9.36. The van der Waals surface area contributed by atoms with Gasteiger partial charge in [-0.3, -0.25) is 4.90 Å². The van der Waals surface area contributed by atoms with Crippen LogP contribution in [0.25, 0.3) is 0 Å². The van der Waals surface area contributed by atoms with Crippen molar-refractivity contribution in [3.8, 4) is 0 Å². The van der Waals surface area contributed by atoms with E-state index in [1.54, 1.807) is 23.5 Å². The standard InChI is InChI=1S/C16H20ClFN2S/c1-11(2)20(10-13-4-3-7-21-13)16(9-19)12-5-6-15(18)14(17)8-12/h3-8,11,16H,9-10,19H2,1-2H3. The second-order valence-electron chi connectivity index (χ2n) is 5.27. The smallest absolute Gasteiger partial charge is 0.141 e. The molecule has 0 fully saturated rings. The van der Waals surface area contributed by atoms with Gasteiger partial charge in [0.15, 0.2) is 0 Å². The zero-order chi connectivity index (χ0) is 15.4. The first-order valence-electron chi connectivity index (χ1n) is 6.96. The Labute approximate surface area is 134 Å². The number of thiophene rings is 1. The third-order valence-electron chi connectivity index (χ3n) is 3.53. The van der Waals surface area contributed by atoms with E-state index in [-0.39, 0.29) is 11.1 Å². The van der Waals surface area contributed by atoms with Gasteiger partial charge >= 0.3 is 0 Å². The molecule has 2 nitrogen and oxygen atoms in total. The topological polar surface area (TPSA) is 29.3 Å². The van der Waals surface area contributed by atoms with Crippen LogP contribution in [0.3, 0.4) is 0 Å². The highest BCUT2D eigenvalue weighted by Crippen LogP contribution is 2.28. The number of benzene rings is 1. The molecule has 114 valence electrons. The molecule has 0 aliphatic rings. The molecule has 1 unspecified atom stereocenters. The van der Waals surface area contributed by atoms with Gasteiger partial charge in [-0.15, -0.1) is 11.3 Å². The number of nitrogens with zero attached hydrogens (tertiary/aromatic N) is 1.